The first kappa shape index (κ1) is 23.9. The number of hydrogen-bond acceptors (Lipinski definition) is 9. The number of ether oxygens (including phenoxy) is 1. The van der Waals surface area contributed by atoms with E-state index in [2.05, 4.69) is 10.3 Å². The van der Waals surface area contributed by atoms with Crippen molar-refractivity contribution >= 4 is 33.1 Å². The van der Waals surface area contributed by atoms with Crippen LogP contribution < -0.4 is 10.2 Å². The van der Waals surface area contributed by atoms with E-state index in [1.807, 2.05) is 0 Å². The molecule has 2 fully saturated rings. The minimum absolute atomic E-state index is 0.0858. The summed E-state index contributed by atoms with van der Waals surface area (Å²) in [5.41, 5.74) is 0.0165. The molecule has 2 aliphatic heterocycles. The largest absolute Gasteiger partial charge is 0.504 e. The number of nitro groups is 1. The lowest BCUT2D eigenvalue weighted by Crippen LogP contribution is -2.40. The first-order chi connectivity index (χ1) is 16.3. The van der Waals surface area contributed by atoms with E-state index < -0.39 is 14.9 Å². The summed E-state index contributed by atoms with van der Waals surface area (Å²) in [6.45, 7) is 1.71. The van der Waals surface area contributed by atoms with Crippen LogP contribution in [-0.2, 0) is 19.6 Å². The summed E-state index contributed by atoms with van der Waals surface area (Å²) in [6.07, 6.45) is 2.33. The predicted molar refractivity (Wildman–Crippen MR) is 122 cm³/mol. The SMILES string of the molecule is O=C(Nc1ncccc1O)C1CCN(c2ccc(S(=O)(=O)N3CCOCC3)cc2[N+](=O)[O-])CC1. The van der Waals surface area contributed by atoms with Crippen LogP contribution >= 0.6 is 0 Å². The number of nitro benzene ring substituents is 1. The molecule has 1 amide bonds. The number of morpholine rings is 1. The molecule has 0 bridgehead atoms. The summed E-state index contributed by atoms with van der Waals surface area (Å²) in [7, 11) is -3.87. The highest BCUT2D eigenvalue weighted by Gasteiger charge is 2.32. The van der Waals surface area contributed by atoms with E-state index >= 15 is 0 Å². The Morgan fingerprint density at radius 2 is 1.88 bits per heavy atom. The van der Waals surface area contributed by atoms with Gasteiger partial charge in [0.25, 0.3) is 5.69 Å². The predicted octanol–water partition coefficient (Wildman–Crippen LogP) is 1.57. The van der Waals surface area contributed by atoms with Gasteiger partial charge in [0.05, 0.1) is 23.0 Å². The van der Waals surface area contributed by atoms with Crippen molar-refractivity contribution in [3.05, 3.63) is 46.6 Å². The number of rotatable bonds is 6. The number of pyridine rings is 1. The van der Waals surface area contributed by atoms with Gasteiger partial charge in [-0.25, -0.2) is 13.4 Å². The Morgan fingerprint density at radius 1 is 1.18 bits per heavy atom. The van der Waals surface area contributed by atoms with Gasteiger partial charge in [0, 0.05) is 44.4 Å². The van der Waals surface area contributed by atoms with Crippen molar-refractivity contribution in [2.24, 2.45) is 5.92 Å². The molecule has 182 valence electrons. The third-order valence-corrected chi connectivity index (χ3v) is 7.88. The van der Waals surface area contributed by atoms with Gasteiger partial charge >= 0.3 is 0 Å². The molecule has 2 saturated heterocycles. The number of hydrogen-bond donors (Lipinski definition) is 2. The van der Waals surface area contributed by atoms with Crippen LogP contribution in [0.1, 0.15) is 12.8 Å². The molecule has 2 aliphatic rings. The van der Waals surface area contributed by atoms with E-state index in [0.717, 1.165) is 6.07 Å². The van der Waals surface area contributed by atoms with Crippen molar-refractivity contribution in [3.63, 3.8) is 0 Å². The van der Waals surface area contributed by atoms with E-state index in [-0.39, 0.29) is 60.3 Å². The van der Waals surface area contributed by atoms with E-state index in [4.69, 9.17) is 4.74 Å². The third kappa shape index (κ3) is 4.95. The molecule has 34 heavy (non-hydrogen) atoms. The van der Waals surface area contributed by atoms with Crippen molar-refractivity contribution < 1.29 is 28.0 Å². The fraction of sp³-hybridized carbons (Fsp3) is 0.429. The molecule has 1 aromatic heterocycles. The highest BCUT2D eigenvalue weighted by Crippen LogP contribution is 2.34. The number of nitrogens with one attached hydrogen (secondary N) is 1. The zero-order valence-electron chi connectivity index (χ0n) is 18.3. The first-order valence-electron chi connectivity index (χ1n) is 10.8. The van der Waals surface area contributed by atoms with Gasteiger partial charge in [-0.15, -0.1) is 0 Å². The number of anilines is 2. The van der Waals surface area contributed by atoms with Gasteiger partial charge in [0.2, 0.25) is 15.9 Å². The van der Waals surface area contributed by atoms with Gasteiger partial charge in [-0.05, 0) is 37.1 Å². The highest BCUT2D eigenvalue weighted by atomic mass is 32.2. The molecule has 0 spiro atoms. The Kier molecular flexibility index (Phi) is 6.95. The van der Waals surface area contributed by atoms with Gasteiger partial charge in [-0.3, -0.25) is 14.9 Å². The second-order valence-corrected chi connectivity index (χ2v) is 9.98. The molecule has 0 saturated carbocycles. The van der Waals surface area contributed by atoms with Crippen LogP contribution in [-0.4, -0.2) is 73.0 Å². The van der Waals surface area contributed by atoms with Crippen LogP contribution in [0, 0.1) is 16.0 Å². The summed E-state index contributed by atoms with van der Waals surface area (Å²) in [5.74, 6) is -0.675. The second kappa shape index (κ2) is 9.91. The third-order valence-electron chi connectivity index (χ3n) is 5.99. The van der Waals surface area contributed by atoms with Gasteiger partial charge in [-0.1, -0.05) is 0 Å². The molecule has 12 nitrogen and oxygen atoms in total. The van der Waals surface area contributed by atoms with Crippen LogP contribution in [0.25, 0.3) is 0 Å². The average molecular weight is 492 g/mol. The van der Waals surface area contributed by atoms with Crippen LogP contribution in [0.3, 0.4) is 0 Å². The lowest BCUT2D eigenvalue weighted by molar-refractivity contribution is -0.384. The number of piperidine rings is 1. The van der Waals surface area contributed by atoms with Crippen molar-refractivity contribution in [2.45, 2.75) is 17.7 Å². The number of amides is 1. The summed E-state index contributed by atoms with van der Waals surface area (Å²) < 4.78 is 32.3. The highest BCUT2D eigenvalue weighted by molar-refractivity contribution is 7.89. The quantitative estimate of drug-likeness (QED) is 0.452. The van der Waals surface area contributed by atoms with Crippen LogP contribution in [0.2, 0.25) is 0 Å². The monoisotopic (exact) mass is 491 g/mol. The Morgan fingerprint density at radius 3 is 2.53 bits per heavy atom. The molecule has 0 atom stereocenters. The topological polar surface area (TPSA) is 155 Å². The number of aromatic nitrogens is 1. The second-order valence-electron chi connectivity index (χ2n) is 8.05. The standard InChI is InChI=1S/C21H25N5O7S/c27-19-2-1-7-22-20(19)23-21(28)15-5-8-24(9-6-15)17-4-3-16(14-18(17)26(29)30)34(31,32)25-10-12-33-13-11-25/h1-4,7,14-15,27H,5-6,8-13H2,(H,22,23,28). The minimum Gasteiger partial charge on any atom is -0.504 e. The van der Waals surface area contributed by atoms with Crippen LogP contribution in [0.5, 0.6) is 5.75 Å². The van der Waals surface area contributed by atoms with Gasteiger partial charge in [-0.2, -0.15) is 4.31 Å². The number of carbonyl (C=O) groups excluding carboxylic acids is 1. The Hall–Kier alpha value is -3.29. The fourth-order valence-corrected chi connectivity index (χ4v) is 5.54. The zero-order chi connectivity index (χ0) is 24.3. The fourth-order valence-electron chi connectivity index (χ4n) is 4.11. The molecule has 0 radical (unpaired) electrons. The molecule has 0 unspecified atom stereocenters. The Bertz CT molecular complexity index is 1180. The van der Waals surface area contributed by atoms with Crippen molar-refractivity contribution in [1.82, 2.24) is 9.29 Å². The summed E-state index contributed by atoms with van der Waals surface area (Å²) >= 11 is 0. The number of sulfonamides is 1. The molecular weight excluding hydrogens is 466 g/mol. The molecule has 1 aromatic carbocycles. The van der Waals surface area contributed by atoms with Gasteiger partial charge in [0.1, 0.15) is 5.69 Å². The molecule has 4 rings (SSSR count). The number of aromatic hydroxyl groups is 1. The maximum Gasteiger partial charge on any atom is 0.293 e. The minimum atomic E-state index is -3.87. The number of carbonyl (C=O) groups is 1. The zero-order valence-corrected chi connectivity index (χ0v) is 19.1. The number of benzene rings is 1. The maximum absolute atomic E-state index is 12.9. The van der Waals surface area contributed by atoms with E-state index in [0.29, 0.717) is 31.6 Å². The molecule has 2 N–H and O–H groups in total. The van der Waals surface area contributed by atoms with E-state index in [1.165, 1.54) is 28.7 Å². The normalized spacial score (nSPS) is 17.9. The number of nitrogens with zero attached hydrogens (tertiary/aromatic N) is 4. The maximum atomic E-state index is 12.9. The van der Waals surface area contributed by atoms with E-state index in [9.17, 15) is 28.4 Å². The van der Waals surface area contributed by atoms with Gasteiger partial charge < -0.3 is 20.1 Å². The average Bonchev–Trinajstić information content (AvgIpc) is 2.85. The lowest BCUT2D eigenvalue weighted by atomic mass is 9.95. The van der Waals surface area contributed by atoms with Crippen molar-refractivity contribution in [1.29, 1.82) is 0 Å². The Balaban J connectivity index is 1.47. The molecule has 13 heteroatoms. The van der Waals surface area contributed by atoms with E-state index in [1.54, 1.807) is 11.0 Å². The summed E-state index contributed by atoms with van der Waals surface area (Å²) in [6, 6.07) is 6.91. The molecule has 2 aromatic rings. The van der Waals surface area contributed by atoms with Crippen LogP contribution in [0.4, 0.5) is 17.2 Å². The lowest BCUT2D eigenvalue weighted by Gasteiger charge is -2.32. The van der Waals surface area contributed by atoms with Crippen molar-refractivity contribution in [2.75, 3.05) is 49.6 Å². The smallest absolute Gasteiger partial charge is 0.293 e. The first-order valence-corrected chi connectivity index (χ1v) is 12.3. The molecular formula is C21H25N5O7S. The summed E-state index contributed by atoms with van der Waals surface area (Å²) in [5, 5.41) is 24.2. The van der Waals surface area contributed by atoms with Gasteiger partial charge in [0.15, 0.2) is 11.6 Å². The van der Waals surface area contributed by atoms with Crippen LogP contribution in [0.15, 0.2) is 41.4 Å². The molecule has 3 heterocycles. The van der Waals surface area contributed by atoms with Crippen molar-refractivity contribution in [3.8, 4) is 5.75 Å². The Labute approximate surface area is 196 Å². The summed E-state index contributed by atoms with van der Waals surface area (Å²) in [4.78, 5) is 29.4. The molecule has 0 aliphatic carbocycles.